The number of fused-ring (bicyclic) bond motifs is 1. The first-order valence-corrected chi connectivity index (χ1v) is 10.1. The predicted molar refractivity (Wildman–Crippen MR) is 97.7 cm³/mol. The minimum Gasteiger partial charge on any atom is -0.313 e. The highest BCUT2D eigenvalue weighted by molar-refractivity contribution is 8.00. The largest absolute Gasteiger partial charge is 0.313 e. The van der Waals surface area contributed by atoms with E-state index >= 15 is 0 Å². The maximum atomic E-state index is 3.83. The molecule has 1 aromatic heterocycles. The van der Waals surface area contributed by atoms with E-state index in [0.717, 1.165) is 11.8 Å². The average Bonchev–Trinajstić information content (AvgIpc) is 2.95. The zero-order chi connectivity index (χ0) is 14.5. The SMILES string of the molecule is CCCNC(Cc1csc2ccccc12)C1CCCCS1. The fourth-order valence-electron chi connectivity index (χ4n) is 3.18. The molecular weight excluding hydrogens is 294 g/mol. The summed E-state index contributed by atoms with van der Waals surface area (Å²) in [6.45, 7) is 3.40. The second kappa shape index (κ2) is 7.66. The molecule has 2 atom stereocenters. The fourth-order valence-corrected chi connectivity index (χ4v) is 5.58. The summed E-state index contributed by atoms with van der Waals surface area (Å²) in [5, 5.41) is 8.46. The van der Waals surface area contributed by atoms with Gasteiger partial charge < -0.3 is 5.32 Å². The molecule has 1 aromatic carbocycles. The number of thiophene rings is 1. The average molecular weight is 320 g/mol. The maximum absolute atomic E-state index is 3.83. The molecule has 0 spiro atoms. The number of nitrogens with one attached hydrogen (secondary N) is 1. The lowest BCUT2D eigenvalue weighted by molar-refractivity contribution is 0.462. The summed E-state index contributed by atoms with van der Waals surface area (Å²) in [7, 11) is 0. The highest BCUT2D eigenvalue weighted by Gasteiger charge is 2.24. The summed E-state index contributed by atoms with van der Waals surface area (Å²) in [6.07, 6.45) is 6.60. The van der Waals surface area contributed by atoms with Gasteiger partial charge in [0.2, 0.25) is 0 Å². The molecule has 1 fully saturated rings. The van der Waals surface area contributed by atoms with Gasteiger partial charge in [0, 0.05) is 16.0 Å². The van der Waals surface area contributed by atoms with Crippen LogP contribution >= 0.6 is 23.1 Å². The second-order valence-electron chi connectivity index (χ2n) is 5.93. The molecule has 2 heterocycles. The third-order valence-electron chi connectivity index (χ3n) is 4.32. The van der Waals surface area contributed by atoms with Gasteiger partial charge in [0.25, 0.3) is 0 Å². The van der Waals surface area contributed by atoms with E-state index in [9.17, 15) is 0 Å². The van der Waals surface area contributed by atoms with E-state index in [2.05, 4.69) is 53.6 Å². The Morgan fingerprint density at radius 2 is 2.19 bits per heavy atom. The Hall–Kier alpha value is -0.510. The minimum absolute atomic E-state index is 0.633. The van der Waals surface area contributed by atoms with Crippen molar-refractivity contribution in [2.45, 2.75) is 50.3 Å². The summed E-state index contributed by atoms with van der Waals surface area (Å²) < 4.78 is 1.43. The van der Waals surface area contributed by atoms with Gasteiger partial charge in [-0.3, -0.25) is 0 Å². The monoisotopic (exact) mass is 319 g/mol. The van der Waals surface area contributed by atoms with E-state index in [0.29, 0.717) is 6.04 Å². The van der Waals surface area contributed by atoms with Crippen LogP contribution in [0, 0.1) is 0 Å². The Bertz CT molecular complexity index is 557. The minimum atomic E-state index is 0.633. The van der Waals surface area contributed by atoms with Gasteiger partial charge in [-0.25, -0.2) is 0 Å². The molecule has 0 radical (unpaired) electrons. The van der Waals surface area contributed by atoms with Gasteiger partial charge in [-0.15, -0.1) is 11.3 Å². The first kappa shape index (κ1) is 15.4. The Balaban J connectivity index is 1.76. The van der Waals surface area contributed by atoms with Crippen molar-refractivity contribution in [3.8, 4) is 0 Å². The first-order chi connectivity index (χ1) is 10.4. The molecule has 0 saturated carbocycles. The molecule has 3 heteroatoms. The van der Waals surface area contributed by atoms with E-state index in [1.807, 2.05) is 11.3 Å². The van der Waals surface area contributed by atoms with Crippen LogP contribution in [0.2, 0.25) is 0 Å². The number of rotatable bonds is 6. The van der Waals surface area contributed by atoms with Crippen LogP contribution in [0.5, 0.6) is 0 Å². The van der Waals surface area contributed by atoms with E-state index in [1.54, 1.807) is 0 Å². The normalized spacial score (nSPS) is 20.7. The molecule has 1 N–H and O–H groups in total. The van der Waals surface area contributed by atoms with Gasteiger partial charge in [-0.1, -0.05) is 31.5 Å². The van der Waals surface area contributed by atoms with Gasteiger partial charge in [0.05, 0.1) is 0 Å². The molecule has 1 aliphatic heterocycles. The highest BCUT2D eigenvalue weighted by Crippen LogP contribution is 2.32. The van der Waals surface area contributed by atoms with Gasteiger partial charge in [-0.05, 0) is 60.4 Å². The molecular formula is C18H25NS2. The predicted octanol–water partition coefficient (Wildman–Crippen LogP) is 5.10. The van der Waals surface area contributed by atoms with Crippen LogP contribution in [0.25, 0.3) is 10.1 Å². The van der Waals surface area contributed by atoms with Crippen LogP contribution in [-0.2, 0) is 6.42 Å². The van der Waals surface area contributed by atoms with Gasteiger partial charge in [0.1, 0.15) is 0 Å². The molecule has 3 rings (SSSR count). The summed E-state index contributed by atoms with van der Waals surface area (Å²) in [4.78, 5) is 0. The lowest BCUT2D eigenvalue weighted by Gasteiger charge is -2.30. The Morgan fingerprint density at radius 1 is 1.29 bits per heavy atom. The number of benzene rings is 1. The van der Waals surface area contributed by atoms with Gasteiger partial charge >= 0.3 is 0 Å². The molecule has 2 unspecified atom stereocenters. The topological polar surface area (TPSA) is 12.0 Å². The van der Waals surface area contributed by atoms with Crippen molar-refractivity contribution in [1.82, 2.24) is 5.32 Å². The van der Waals surface area contributed by atoms with Crippen LogP contribution in [0.3, 0.4) is 0 Å². The maximum Gasteiger partial charge on any atom is 0.0345 e. The van der Waals surface area contributed by atoms with Crippen LogP contribution in [0.4, 0.5) is 0 Å². The first-order valence-electron chi connectivity index (χ1n) is 8.18. The Kier molecular flexibility index (Phi) is 5.61. The second-order valence-corrected chi connectivity index (χ2v) is 8.19. The van der Waals surface area contributed by atoms with Crippen LogP contribution in [0.15, 0.2) is 29.6 Å². The summed E-state index contributed by atoms with van der Waals surface area (Å²) >= 11 is 4.08. The van der Waals surface area contributed by atoms with Crippen molar-refractivity contribution in [3.63, 3.8) is 0 Å². The molecule has 0 bridgehead atoms. The lowest BCUT2D eigenvalue weighted by atomic mass is 9.99. The van der Waals surface area contributed by atoms with Crippen molar-refractivity contribution in [2.24, 2.45) is 0 Å². The van der Waals surface area contributed by atoms with E-state index in [4.69, 9.17) is 0 Å². The van der Waals surface area contributed by atoms with Crippen LogP contribution < -0.4 is 5.32 Å². The molecule has 21 heavy (non-hydrogen) atoms. The van der Waals surface area contributed by atoms with Crippen LogP contribution in [-0.4, -0.2) is 23.6 Å². The Morgan fingerprint density at radius 3 is 3.00 bits per heavy atom. The number of thioether (sulfide) groups is 1. The van der Waals surface area contributed by atoms with Gasteiger partial charge in [-0.2, -0.15) is 11.8 Å². The highest BCUT2D eigenvalue weighted by atomic mass is 32.2. The van der Waals surface area contributed by atoms with Crippen molar-refractivity contribution in [1.29, 1.82) is 0 Å². The number of hydrogen-bond acceptors (Lipinski definition) is 3. The molecule has 0 amide bonds. The molecule has 1 saturated heterocycles. The van der Waals surface area contributed by atoms with E-state index in [1.165, 1.54) is 53.5 Å². The third kappa shape index (κ3) is 3.82. The van der Waals surface area contributed by atoms with Crippen molar-refractivity contribution in [3.05, 3.63) is 35.2 Å². The molecule has 0 aliphatic carbocycles. The van der Waals surface area contributed by atoms with Crippen molar-refractivity contribution >= 4 is 33.2 Å². The fraction of sp³-hybridized carbons (Fsp3) is 0.556. The zero-order valence-corrected chi connectivity index (χ0v) is 14.4. The third-order valence-corrected chi connectivity index (χ3v) is 6.85. The Labute approximate surface area is 136 Å². The van der Waals surface area contributed by atoms with Crippen molar-refractivity contribution in [2.75, 3.05) is 12.3 Å². The molecule has 1 aliphatic rings. The smallest absolute Gasteiger partial charge is 0.0345 e. The van der Waals surface area contributed by atoms with Crippen molar-refractivity contribution < 1.29 is 0 Å². The lowest BCUT2D eigenvalue weighted by Crippen LogP contribution is -2.41. The van der Waals surface area contributed by atoms with E-state index in [-0.39, 0.29) is 0 Å². The van der Waals surface area contributed by atoms with Gasteiger partial charge in [0.15, 0.2) is 0 Å². The van der Waals surface area contributed by atoms with Crippen LogP contribution in [0.1, 0.15) is 38.2 Å². The molecule has 1 nitrogen and oxygen atoms in total. The molecule has 2 aromatic rings. The number of hydrogen-bond donors (Lipinski definition) is 1. The zero-order valence-electron chi connectivity index (χ0n) is 12.8. The quantitative estimate of drug-likeness (QED) is 0.795. The summed E-state index contributed by atoms with van der Waals surface area (Å²) in [5.74, 6) is 1.35. The molecule has 114 valence electrons. The standard InChI is InChI=1S/C18H25NS2/c1-2-10-19-16(18-9-5-6-11-20-18)12-14-13-21-17-8-4-3-7-15(14)17/h3-4,7-8,13,16,18-19H,2,5-6,9-12H2,1H3. The summed E-state index contributed by atoms with van der Waals surface area (Å²) in [6, 6.07) is 9.47. The summed E-state index contributed by atoms with van der Waals surface area (Å²) in [5.41, 5.74) is 1.54. The van der Waals surface area contributed by atoms with E-state index < -0.39 is 0 Å².